The molecule has 12 heavy (non-hydrogen) atoms. The van der Waals surface area contributed by atoms with Crippen LogP contribution < -0.4 is 5.32 Å². The van der Waals surface area contributed by atoms with Crippen LogP contribution in [0.2, 0.25) is 0 Å². The molecule has 0 aliphatic carbocycles. The predicted molar refractivity (Wildman–Crippen MR) is 40.0 cm³/mol. The van der Waals surface area contributed by atoms with Crippen LogP contribution in [-0.4, -0.2) is 27.3 Å². The first-order valence-corrected chi connectivity index (χ1v) is 3.43. The van der Waals surface area contributed by atoms with Crippen LogP contribution in [0, 0.1) is 0 Å². The van der Waals surface area contributed by atoms with Crippen LogP contribution in [0.15, 0.2) is 4.42 Å². The standard InChI is InChI=1S/C6H9N3O3/c1-3(2)7-6-9-8-4(12-6)5(10)11/h3H,1-2H3,(H,7,9)(H,10,11). The maximum Gasteiger partial charge on any atom is 0.393 e. The molecular weight excluding hydrogens is 162 g/mol. The molecule has 1 rings (SSSR count). The van der Waals surface area contributed by atoms with Gasteiger partial charge in [-0.3, -0.25) is 0 Å². The Morgan fingerprint density at radius 1 is 1.58 bits per heavy atom. The number of carboxylic acid groups (broad SMARTS) is 1. The molecule has 0 aromatic carbocycles. The molecule has 0 spiro atoms. The molecule has 0 radical (unpaired) electrons. The predicted octanol–water partition coefficient (Wildman–Crippen LogP) is 0.588. The van der Waals surface area contributed by atoms with E-state index < -0.39 is 11.9 Å². The van der Waals surface area contributed by atoms with Gasteiger partial charge in [-0.25, -0.2) is 4.79 Å². The summed E-state index contributed by atoms with van der Waals surface area (Å²) < 4.78 is 4.72. The molecule has 0 saturated carbocycles. The summed E-state index contributed by atoms with van der Waals surface area (Å²) in [6, 6.07) is 0.259. The molecule has 0 fully saturated rings. The van der Waals surface area contributed by atoms with E-state index in [2.05, 4.69) is 15.5 Å². The third-order valence-electron chi connectivity index (χ3n) is 1.02. The number of nitrogens with one attached hydrogen (secondary N) is 1. The summed E-state index contributed by atoms with van der Waals surface area (Å²) in [7, 11) is 0. The average molecular weight is 171 g/mol. The molecular formula is C6H9N3O3. The van der Waals surface area contributed by atoms with Gasteiger partial charge in [0.1, 0.15) is 0 Å². The first kappa shape index (κ1) is 8.51. The molecule has 0 saturated heterocycles. The van der Waals surface area contributed by atoms with Gasteiger partial charge in [0.25, 0.3) is 0 Å². The average Bonchev–Trinajstić information content (AvgIpc) is 2.34. The van der Waals surface area contributed by atoms with E-state index in [0.29, 0.717) is 0 Å². The number of aromatic carboxylic acids is 1. The van der Waals surface area contributed by atoms with Crippen molar-refractivity contribution in [2.24, 2.45) is 0 Å². The summed E-state index contributed by atoms with van der Waals surface area (Å²) in [4.78, 5) is 10.3. The number of carbonyl (C=O) groups is 1. The van der Waals surface area contributed by atoms with E-state index in [1.807, 2.05) is 13.8 Å². The molecule has 0 amide bonds. The first-order chi connectivity index (χ1) is 5.59. The van der Waals surface area contributed by atoms with Crippen LogP contribution in [0.4, 0.5) is 6.01 Å². The zero-order valence-corrected chi connectivity index (χ0v) is 6.74. The molecule has 1 aromatic rings. The highest BCUT2D eigenvalue weighted by molar-refractivity contribution is 5.82. The van der Waals surface area contributed by atoms with Gasteiger partial charge in [-0.1, -0.05) is 10.2 Å². The Hall–Kier alpha value is -1.59. The molecule has 6 heteroatoms. The third-order valence-corrected chi connectivity index (χ3v) is 1.02. The third kappa shape index (κ3) is 1.94. The van der Waals surface area contributed by atoms with Crippen LogP contribution in [0.3, 0.4) is 0 Å². The minimum absolute atomic E-state index is 0.127. The van der Waals surface area contributed by atoms with Gasteiger partial charge in [0.2, 0.25) is 0 Å². The second-order valence-corrected chi connectivity index (χ2v) is 2.52. The smallest absolute Gasteiger partial charge is 0.393 e. The summed E-state index contributed by atoms with van der Waals surface area (Å²) in [5, 5.41) is 17.9. The molecule has 6 nitrogen and oxygen atoms in total. The van der Waals surface area contributed by atoms with Gasteiger partial charge >= 0.3 is 17.9 Å². The van der Waals surface area contributed by atoms with Crippen LogP contribution in [-0.2, 0) is 0 Å². The Bertz CT molecular complexity index is 281. The van der Waals surface area contributed by atoms with Gasteiger partial charge in [0.15, 0.2) is 0 Å². The fraction of sp³-hybridized carbons (Fsp3) is 0.500. The Labute approximate surface area is 68.6 Å². The lowest BCUT2D eigenvalue weighted by atomic mass is 10.4. The zero-order chi connectivity index (χ0) is 9.14. The minimum atomic E-state index is -1.22. The van der Waals surface area contributed by atoms with Crippen molar-refractivity contribution in [3.63, 3.8) is 0 Å². The molecule has 0 unspecified atom stereocenters. The topological polar surface area (TPSA) is 88.2 Å². The van der Waals surface area contributed by atoms with E-state index in [9.17, 15) is 4.79 Å². The number of carboxylic acids is 1. The zero-order valence-electron chi connectivity index (χ0n) is 6.74. The van der Waals surface area contributed by atoms with Crippen LogP contribution >= 0.6 is 0 Å². The minimum Gasteiger partial charge on any atom is -0.474 e. The lowest BCUT2D eigenvalue weighted by molar-refractivity contribution is 0.0654. The number of aromatic nitrogens is 2. The summed E-state index contributed by atoms with van der Waals surface area (Å²) in [6.45, 7) is 3.76. The summed E-state index contributed by atoms with van der Waals surface area (Å²) in [5.74, 6) is -1.63. The molecule has 66 valence electrons. The quantitative estimate of drug-likeness (QED) is 0.691. The Morgan fingerprint density at radius 3 is 2.67 bits per heavy atom. The van der Waals surface area contributed by atoms with E-state index in [1.54, 1.807) is 0 Å². The number of anilines is 1. The number of nitrogens with zero attached hydrogens (tertiary/aromatic N) is 2. The van der Waals surface area contributed by atoms with E-state index >= 15 is 0 Å². The lowest BCUT2D eigenvalue weighted by Gasteiger charge is -2.01. The van der Waals surface area contributed by atoms with Gasteiger partial charge < -0.3 is 14.8 Å². The van der Waals surface area contributed by atoms with Crippen LogP contribution in [0.25, 0.3) is 0 Å². The lowest BCUT2D eigenvalue weighted by Crippen LogP contribution is -2.09. The maximum atomic E-state index is 10.3. The Kier molecular flexibility index (Phi) is 2.27. The van der Waals surface area contributed by atoms with E-state index in [0.717, 1.165) is 0 Å². The van der Waals surface area contributed by atoms with Crippen molar-refractivity contribution in [1.29, 1.82) is 0 Å². The highest BCUT2D eigenvalue weighted by Crippen LogP contribution is 2.05. The number of hydrogen-bond acceptors (Lipinski definition) is 5. The van der Waals surface area contributed by atoms with Gasteiger partial charge in [-0.2, -0.15) is 0 Å². The van der Waals surface area contributed by atoms with Crippen LogP contribution in [0.5, 0.6) is 0 Å². The summed E-state index contributed by atoms with van der Waals surface area (Å²) >= 11 is 0. The van der Waals surface area contributed by atoms with Gasteiger partial charge in [-0.15, -0.1) is 0 Å². The Morgan fingerprint density at radius 2 is 2.25 bits per heavy atom. The normalized spacial score (nSPS) is 10.2. The molecule has 1 aromatic heterocycles. The monoisotopic (exact) mass is 171 g/mol. The molecule has 0 aliphatic heterocycles. The van der Waals surface area contributed by atoms with Gasteiger partial charge in [-0.05, 0) is 13.8 Å². The number of hydrogen-bond donors (Lipinski definition) is 2. The van der Waals surface area contributed by atoms with Crippen molar-refractivity contribution >= 4 is 12.0 Å². The second-order valence-electron chi connectivity index (χ2n) is 2.52. The molecule has 0 atom stereocenters. The van der Waals surface area contributed by atoms with Gasteiger partial charge in [0.05, 0.1) is 0 Å². The Balaban J connectivity index is 2.71. The second kappa shape index (κ2) is 3.21. The van der Waals surface area contributed by atoms with Crippen molar-refractivity contribution in [2.45, 2.75) is 19.9 Å². The highest BCUT2D eigenvalue weighted by Gasteiger charge is 2.12. The van der Waals surface area contributed by atoms with Crippen LogP contribution in [0.1, 0.15) is 24.5 Å². The largest absolute Gasteiger partial charge is 0.474 e. The molecule has 1 heterocycles. The summed E-state index contributed by atoms with van der Waals surface area (Å²) in [5.41, 5.74) is 0. The number of rotatable bonds is 3. The SMILES string of the molecule is CC(C)Nc1nnc(C(=O)O)o1. The van der Waals surface area contributed by atoms with Gasteiger partial charge in [0, 0.05) is 6.04 Å². The fourth-order valence-corrected chi connectivity index (χ4v) is 0.615. The fourth-order valence-electron chi connectivity index (χ4n) is 0.615. The van der Waals surface area contributed by atoms with E-state index in [4.69, 9.17) is 9.52 Å². The first-order valence-electron chi connectivity index (χ1n) is 3.43. The molecule has 0 aliphatic rings. The molecule has 0 bridgehead atoms. The summed E-state index contributed by atoms with van der Waals surface area (Å²) in [6.07, 6.45) is 0. The maximum absolute atomic E-state index is 10.3. The van der Waals surface area contributed by atoms with E-state index in [-0.39, 0.29) is 12.1 Å². The molecule has 2 N–H and O–H groups in total. The highest BCUT2D eigenvalue weighted by atomic mass is 16.4. The van der Waals surface area contributed by atoms with Crippen molar-refractivity contribution in [3.05, 3.63) is 5.89 Å². The van der Waals surface area contributed by atoms with Crippen molar-refractivity contribution < 1.29 is 14.3 Å². The van der Waals surface area contributed by atoms with Crippen molar-refractivity contribution in [3.8, 4) is 0 Å². The van der Waals surface area contributed by atoms with Crippen molar-refractivity contribution in [2.75, 3.05) is 5.32 Å². The van der Waals surface area contributed by atoms with Crippen molar-refractivity contribution in [1.82, 2.24) is 10.2 Å². The van der Waals surface area contributed by atoms with E-state index in [1.165, 1.54) is 0 Å².